The molecular weight excluding hydrogens is 444 g/mol. The van der Waals surface area contributed by atoms with E-state index in [2.05, 4.69) is 6.92 Å². The Labute approximate surface area is 194 Å². The van der Waals surface area contributed by atoms with E-state index in [1.807, 2.05) is 0 Å². The van der Waals surface area contributed by atoms with Crippen molar-refractivity contribution in [1.29, 1.82) is 0 Å². The van der Waals surface area contributed by atoms with Crippen LogP contribution in [0.25, 0.3) is 0 Å². The molecule has 0 radical (unpaired) electrons. The number of hydrogen-bond acceptors (Lipinski definition) is 12. The van der Waals surface area contributed by atoms with Crippen LogP contribution in [-0.2, 0) is 18.9 Å². The Bertz CT molecular complexity index is 484. The van der Waals surface area contributed by atoms with E-state index in [4.69, 9.17) is 24.1 Å². The minimum absolute atomic E-state index is 0.0705. The molecule has 1 fully saturated rings. The van der Waals surface area contributed by atoms with E-state index in [0.29, 0.717) is 6.61 Å². The van der Waals surface area contributed by atoms with Crippen LogP contribution in [0.5, 0.6) is 0 Å². The lowest BCUT2D eigenvalue weighted by Gasteiger charge is -2.42. The Morgan fingerprint density at radius 3 is 2.06 bits per heavy atom. The van der Waals surface area contributed by atoms with Crippen molar-refractivity contribution in [2.75, 3.05) is 33.2 Å². The van der Waals surface area contributed by atoms with Gasteiger partial charge in [0.25, 0.3) is 0 Å². The number of unbranched alkanes of at least 4 members (excludes halogenated alkanes) is 5. The molecule has 1 heterocycles. The van der Waals surface area contributed by atoms with E-state index in [1.54, 1.807) is 0 Å². The van der Waals surface area contributed by atoms with E-state index in [1.165, 1.54) is 19.3 Å². The highest BCUT2D eigenvalue weighted by Gasteiger charge is 2.47. The van der Waals surface area contributed by atoms with Gasteiger partial charge < -0.3 is 59.8 Å². The molecule has 0 aromatic heterocycles. The predicted octanol–water partition coefficient (Wildman–Crippen LogP) is -2.40. The molecule has 12 heteroatoms. The maximum Gasteiger partial charge on any atom is 0.187 e. The number of ether oxygens (including phenoxy) is 4. The van der Waals surface area contributed by atoms with Gasteiger partial charge in [0, 0.05) is 6.61 Å². The molecule has 0 aromatic carbocycles. The molecule has 1 saturated heterocycles. The minimum atomic E-state index is -1.85. The molecule has 1 aliphatic rings. The Kier molecular flexibility index (Phi) is 15.8. The summed E-state index contributed by atoms with van der Waals surface area (Å²) in [5, 5.41) is 78.4. The Hall–Kier alpha value is -0.480. The third kappa shape index (κ3) is 10.3. The van der Waals surface area contributed by atoms with Crippen molar-refractivity contribution in [2.45, 2.75) is 101 Å². The maximum atomic E-state index is 10.2. The second-order valence-corrected chi connectivity index (χ2v) is 8.27. The lowest BCUT2D eigenvalue weighted by Crippen LogP contribution is -2.61. The van der Waals surface area contributed by atoms with Gasteiger partial charge in [-0.05, 0) is 6.42 Å². The highest BCUT2D eigenvalue weighted by molar-refractivity contribution is 4.91. The first-order chi connectivity index (χ1) is 15.8. The predicted molar refractivity (Wildman–Crippen MR) is 114 cm³/mol. The summed E-state index contributed by atoms with van der Waals surface area (Å²) in [5.74, 6) is 0. The zero-order valence-electron chi connectivity index (χ0n) is 19.2. The summed E-state index contributed by atoms with van der Waals surface area (Å²) >= 11 is 0. The fraction of sp³-hybridized carbons (Fsp3) is 1.00. The fourth-order valence-electron chi connectivity index (χ4n) is 3.42. The van der Waals surface area contributed by atoms with E-state index >= 15 is 0 Å². The van der Waals surface area contributed by atoms with E-state index in [9.17, 15) is 35.7 Å². The van der Waals surface area contributed by atoms with Crippen molar-refractivity contribution in [3.8, 4) is 0 Å². The molecule has 8 N–H and O–H groups in total. The van der Waals surface area contributed by atoms with Crippen LogP contribution >= 0.6 is 0 Å². The van der Waals surface area contributed by atoms with Crippen molar-refractivity contribution in [3.05, 3.63) is 0 Å². The van der Waals surface area contributed by atoms with E-state index in [-0.39, 0.29) is 13.4 Å². The molecule has 198 valence electrons. The summed E-state index contributed by atoms with van der Waals surface area (Å²) in [6.45, 7) is 0.665. The number of hydrogen-bond donors (Lipinski definition) is 8. The largest absolute Gasteiger partial charge is 0.394 e. The minimum Gasteiger partial charge on any atom is -0.394 e. The van der Waals surface area contributed by atoms with E-state index < -0.39 is 68.3 Å². The van der Waals surface area contributed by atoms with Crippen molar-refractivity contribution >= 4 is 0 Å². The zero-order chi connectivity index (χ0) is 24.8. The summed E-state index contributed by atoms with van der Waals surface area (Å²) in [6, 6.07) is 0. The monoisotopic (exact) mass is 486 g/mol. The normalized spacial score (nSPS) is 29.5. The molecule has 0 aliphatic carbocycles. The highest BCUT2D eigenvalue weighted by Crippen LogP contribution is 2.25. The van der Waals surface area contributed by atoms with Crippen molar-refractivity contribution < 1.29 is 59.8 Å². The molecule has 0 aromatic rings. The lowest BCUT2D eigenvalue weighted by molar-refractivity contribution is -0.330. The Morgan fingerprint density at radius 1 is 0.788 bits per heavy atom. The van der Waals surface area contributed by atoms with Gasteiger partial charge in [-0.3, -0.25) is 0 Å². The zero-order valence-corrected chi connectivity index (χ0v) is 19.2. The van der Waals surface area contributed by atoms with Gasteiger partial charge in [-0.15, -0.1) is 0 Å². The van der Waals surface area contributed by atoms with Crippen molar-refractivity contribution in [1.82, 2.24) is 0 Å². The average Bonchev–Trinajstić information content (AvgIpc) is 2.82. The summed E-state index contributed by atoms with van der Waals surface area (Å²) < 4.78 is 21.5. The second kappa shape index (κ2) is 17.0. The third-order valence-corrected chi connectivity index (χ3v) is 5.53. The first kappa shape index (κ1) is 30.6. The molecule has 1 rings (SSSR count). The number of aliphatic hydroxyl groups excluding tert-OH is 8. The van der Waals surface area contributed by atoms with Crippen LogP contribution in [0.3, 0.4) is 0 Å². The van der Waals surface area contributed by atoms with Gasteiger partial charge in [0.05, 0.1) is 19.8 Å². The molecule has 0 saturated carbocycles. The SMILES string of the molecule is CCCCCCCCOCOC[C@H]1O[C@@H](O[C@@H]([C@H](O)[C@@H](O)CO)[C@H](O)CO)[C@H](O)[C@@H](O)[C@H]1O. The van der Waals surface area contributed by atoms with Crippen molar-refractivity contribution in [2.24, 2.45) is 0 Å². The Balaban J connectivity index is 2.53. The third-order valence-electron chi connectivity index (χ3n) is 5.53. The molecule has 0 bridgehead atoms. The number of rotatable bonds is 18. The lowest BCUT2D eigenvalue weighted by atomic mass is 9.98. The van der Waals surface area contributed by atoms with Gasteiger partial charge in [-0.2, -0.15) is 0 Å². The molecule has 0 spiro atoms. The van der Waals surface area contributed by atoms with E-state index in [0.717, 1.165) is 19.3 Å². The van der Waals surface area contributed by atoms with Gasteiger partial charge in [0.2, 0.25) is 0 Å². The molecule has 12 nitrogen and oxygen atoms in total. The van der Waals surface area contributed by atoms with Gasteiger partial charge in [0.1, 0.15) is 55.6 Å². The summed E-state index contributed by atoms with van der Waals surface area (Å²) in [4.78, 5) is 0. The summed E-state index contributed by atoms with van der Waals surface area (Å²) in [6.07, 6.45) is -8.00. The van der Waals surface area contributed by atoms with Gasteiger partial charge >= 0.3 is 0 Å². The van der Waals surface area contributed by atoms with Crippen LogP contribution in [0.2, 0.25) is 0 Å². The standard InChI is InChI=1S/C21H42O12/c1-2-3-4-5-6-7-8-30-12-31-11-15-17(27)18(28)19(29)21(32-15)33-20(14(25)10-23)16(26)13(24)9-22/h13-29H,2-12H2,1H3/t13-,14+,15+,16+,17-,18-,19+,20+,21-/m0/s1. The highest BCUT2D eigenvalue weighted by atomic mass is 16.7. The molecule has 33 heavy (non-hydrogen) atoms. The van der Waals surface area contributed by atoms with Crippen LogP contribution in [0.15, 0.2) is 0 Å². The number of aliphatic hydroxyl groups is 8. The van der Waals surface area contributed by atoms with Crippen LogP contribution in [0.1, 0.15) is 45.4 Å². The maximum absolute atomic E-state index is 10.2. The first-order valence-electron chi connectivity index (χ1n) is 11.5. The van der Waals surface area contributed by atoms with Crippen LogP contribution in [-0.4, -0.2) is 129 Å². The van der Waals surface area contributed by atoms with Crippen molar-refractivity contribution in [3.63, 3.8) is 0 Å². The Morgan fingerprint density at radius 2 is 1.42 bits per heavy atom. The molecule has 9 atom stereocenters. The molecular formula is C21H42O12. The fourth-order valence-corrected chi connectivity index (χ4v) is 3.42. The van der Waals surface area contributed by atoms with Crippen LogP contribution < -0.4 is 0 Å². The quantitative estimate of drug-likeness (QED) is 0.0756. The van der Waals surface area contributed by atoms with Gasteiger partial charge in [-0.25, -0.2) is 0 Å². The van der Waals surface area contributed by atoms with Gasteiger partial charge in [-0.1, -0.05) is 39.0 Å². The second-order valence-electron chi connectivity index (χ2n) is 8.27. The molecule has 1 aliphatic heterocycles. The summed E-state index contributed by atoms with van der Waals surface area (Å²) in [5.41, 5.74) is 0. The topological polar surface area (TPSA) is 199 Å². The molecule has 0 unspecified atom stereocenters. The van der Waals surface area contributed by atoms with Gasteiger partial charge in [0.15, 0.2) is 6.29 Å². The smallest absolute Gasteiger partial charge is 0.187 e. The summed E-state index contributed by atoms with van der Waals surface area (Å²) in [7, 11) is 0. The average molecular weight is 487 g/mol. The molecule has 0 amide bonds. The first-order valence-corrected chi connectivity index (χ1v) is 11.5. The van der Waals surface area contributed by atoms with Crippen LogP contribution in [0.4, 0.5) is 0 Å². The van der Waals surface area contributed by atoms with Crippen LogP contribution in [0, 0.1) is 0 Å².